The summed E-state index contributed by atoms with van der Waals surface area (Å²) >= 11 is 0. The van der Waals surface area contributed by atoms with E-state index >= 15 is 0 Å². The first-order valence-corrected chi connectivity index (χ1v) is 5.53. The SMILES string of the molecule is CNc1cnc(C(=O)NC2(C)CCOC2)cn1. The molecule has 1 saturated heterocycles. The first-order chi connectivity index (χ1) is 8.13. The molecular weight excluding hydrogens is 220 g/mol. The fourth-order valence-corrected chi connectivity index (χ4v) is 1.68. The second kappa shape index (κ2) is 4.67. The van der Waals surface area contributed by atoms with Crippen LogP contribution < -0.4 is 10.6 Å². The zero-order valence-corrected chi connectivity index (χ0v) is 9.99. The van der Waals surface area contributed by atoms with E-state index in [-0.39, 0.29) is 11.4 Å². The summed E-state index contributed by atoms with van der Waals surface area (Å²) in [7, 11) is 1.75. The molecule has 0 saturated carbocycles. The first kappa shape index (κ1) is 11.8. The maximum atomic E-state index is 11.9. The lowest BCUT2D eigenvalue weighted by molar-refractivity contribution is 0.0884. The molecule has 1 aliphatic heterocycles. The minimum atomic E-state index is -0.291. The third-order valence-corrected chi connectivity index (χ3v) is 2.77. The van der Waals surface area contributed by atoms with Gasteiger partial charge in [0.05, 0.1) is 24.5 Å². The number of aromatic nitrogens is 2. The van der Waals surface area contributed by atoms with Gasteiger partial charge in [0, 0.05) is 13.7 Å². The van der Waals surface area contributed by atoms with E-state index < -0.39 is 0 Å². The lowest BCUT2D eigenvalue weighted by atomic mass is 10.0. The van der Waals surface area contributed by atoms with Crippen molar-refractivity contribution in [2.75, 3.05) is 25.6 Å². The van der Waals surface area contributed by atoms with E-state index in [9.17, 15) is 4.79 Å². The predicted octanol–water partition coefficient (Wildman–Crippen LogP) is 0.427. The van der Waals surface area contributed by atoms with Crippen LogP contribution in [-0.2, 0) is 4.74 Å². The highest BCUT2D eigenvalue weighted by atomic mass is 16.5. The second-order valence-corrected chi connectivity index (χ2v) is 4.35. The Morgan fingerprint density at radius 1 is 1.47 bits per heavy atom. The monoisotopic (exact) mass is 236 g/mol. The smallest absolute Gasteiger partial charge is 0.271 e. The topological polar surface area (TPSA) is 76.1 Å². The number of hydrogen-bond donors (Lipinski definition) is 2. The van der Waals surface area contributed by atoms with E-state index in [0.717, 1.165) is 6.42 Å². The zero-order valence-electron chi connectivity index (χ0n) is 9.99. The highest BCUT2D eigenvalue weighted by Gasteiger charge is 2.31. The number of amides is 1. The molecular formula is C11H16N4O2. The first-order valence-electron chi connectivity index (χ1n) is 5.53. The molecule has 1 unspecified atom stereocenters. The Morgan fingerprint density at radius 3 is 2.82 bits per heavy atom. The zero-order chi connectivity index (χ0) is 12.3. The lowest BCUT2D eigenvalue weighted by Crippen LogP contribution is -2.46. The van der Waals surface area contributed by atoms with Crippen molar-refractivity contribution < 1.29 is 9.53 Å². The molecule has 2 rings (SSSR count). The Balaban J connectivity index is 2.03. The van der Waals surface area contributed by atoms with Crippen LogP contribution in [-0.4, -0.2) is 41.7 Å². The van der Waals surface area contributed by atoms with Crippen LogP contribution in [0.25, 0.3) is 0 Å². The number of nitrogens with one attached hydrogen (secondary N) is 2. The molecule has 2 heterocycles. The van der Waals surface area contributed by atoms with Gasteiger partial charge in [0.15, 0.2) is 0 Å². The van der Waals surface area contributed by atoms with Crippen molar-refractivity contribution in [3.05, 3.63) is 18.1 Å². The summed E-state index contributed by atoms with van der Waals surface area (Å²) in [5.74, 6) is 0.421. The fourth-order valence-electron chi connectivity index (χ4n) is 1.68. The summed E-state index contributed by atoms with van der Waals surface area (Å²) in [4.78, 5) is 20.0. The maximum Gasteiger partial charge on any atom is 0.271 e. The Kier molecular flexibility index (Phi) is 3.23. The summed E-state index contributed by atoms with van der Waals surface area (Å²) in [6, 6.07) is 0. The van der Waals surface area contributed by atoms with Gasteiger partial charge >= 0.3 is 0 Å². The van der Waals surface area contributed by atoms with Crippen molar-refractivity contribution in [1.29, 1.82) is 0 Å². The van der Waals surface area contributed by atoms with Crippen LogP contribution in [0.2, 0.25) is 0 Å². The molecule has 1 amide bonds. The standard InChI is InChI=1S/C11H16N4O2/c1-11(3-4-17-7-11)15-10(16)8-5-14-9(12-2)6-13-8/h5-6H,3-4,7H2,1-2H3,(H,12,14)(H,15,16). The lowest BCUT2D eigenvalue weighted by Gasteiger charge is -2.23. The largest absolute Gasteiger partial charge is 0.379 e. The van der Waals surface area contributed by atoms with E-state index in [1.807, 2.05) is 6.92 Å². The van der Waals surface area contributed by atoms with E-state index in [1.54, 1.807) is 7.05 Å². The van der Waals surface area contributed by atoms with Crippen LogP contribution in [0, 0.1) is 0 Å². The van der Waals surface area contributed by atoms with Crippen molar-refractivity contribution in [2.45, 2.75) is 18.9 Å². The molecule has 1 aromatic rings. The van der Waals surface area contributed by atoms with Crippen molar-refractivity contribution >= 4 is 11.7 Å². The van der Waals surface area contributed by atoms with Gasteiger partial charge in [0.2, 0.25) is 0 Å². The summed E-state index contributed by atoms with van der Waals surface area (Å²) in [6.45, 7) is 3.19. The summed E-state index contributed by atoms with van der Waals surface area (Å²) in [6.07, 6.45) is 3.81. The van der Waals surface area contributed by atoms with Crippen LogP contribution in [0.5, 0.6) is 0 Å². The molecule has 1 aromatic heterocycles. The molecule has 0 spiro atoms. The number of rotatable bonds is 3. The predicted molar refractivity (Wildman–Crippen MR) is 62.9 cm³/mol. The summed E-state index contributed by atoms with van der Waals surface area (Å²) in [5, 5.41) is 5.77. The van der Waals surface area contributed by atoms with Crippen LogP contribution in [0.4, 0.5) is 5.82 Å². The van der Waals surface area contributed by atoms with E-state index in [0.29, 0.717) is 24.7 Å². The minimum Gasteiger partial charge on any atom is -0.379 e. The molecule has 1 aliphatic rings. The van der Waals surface area contributed by atoms with Gasteiger partial charge < -0.3 is 15.4 Å². The van der Waals surface area contributed by atoms with Gasteiger partial charge in [0.1, 0.15) is 11.5 Å². The molecule has 0 aliphatic carbocycles. The van der Waals surface area contributed by atoms with E-state index in [1.165, 1.54) is 12.4 Å². The van der Waals surface area contributed by atoms with Crippen molar-refractivity contribution in [3.63, 3.8) is 0 Å². The molecule has 6 nitrogen and oxygen atoms in total. The van der Waals surface area contributed by atoms with Gasteiger partial charge in [-0.25, -0.2) is 9.97 Å². The second-order valence-electron chi connectivity index (χ2n) is 4.35. The molecule has 1 fully saturated rings. The van der Waals surface area contributed by atoms with Gasteiger partial charge in [0.25, 0.3) is 5.91 Å². The number of carbonyl (C=O) groups excluding carboxylic acids is 1. The molecule has 0 aromatic carbocycles. The molecule has 2 N–H and O–H groups in total. The molecule has 0 radical (unpaired) electrons. The summed E-state index contributed by atoms with van der Waals surface area (Å²) in [5.41, 5.74) is 0.0256. The molecule has 0 bridgehead atoms. The number of ether oxygens (including phenoxy) is 1. The highest BCUT2D eigenvalue weighted by Crippen LogP contribution is 2.17. The van der Waals surface area contributed by atoms with E-state index in [4.69, 9.17) is 4.74 Å². The van der Waals surface area contributed by atoms with Gasteiger partial charge in [-0.15, -0.1) is 0 Å². The number of carbonyl (C=O) groups is 1. The van der Waals surface area contributed by atoms with Gasteiger partial charge in [-0.3, -0.25) is 4.79 Å². The minimum absolute atomic E-state index is 0.215. The Morgan fingerprint density at radius 2 is 2.29 bits per heavy atom. The van der Waals surface area contributed by atoms with Crippen molar-refractivity contribution in [1.82, 2.24) is 15.3 Å². The Hall–Kier alpha value is -1.69. The molecule has 17 heavy (non-hydrogen) atoms. The maximum absolute atomic E-state index is 11.9. The van der Waals surface area contributed by atoms with Crippen molar-refractivity contribution in [3.8, 4) is 0 Å². The highest BCUT2D eigenvalue weighted by molar-refractivity contribution is 5.92. The average Bonchev–Trinajstić information content (AvgIpc) is 2.76. The molecule has 6 heteroatoms. The quantitative estimate of drug-likeness (QED) is 0.795. The van der Waals surface area contributed by atoms with Crippen molar-refractivity contribution in [2.24, 2.45) is 0 Å². The molecule has 92 valence electrons. The van der Waals surface area contributed by atoms with Crippen LogP contribution >= 0.6 is 0 Å². The third kappa shape index (κ3) is 2.71. The Bertz CT molecular complexity index is 398. The van der Waals surface area contributed by atoms with Gasteiger partial charge in [-0.2, -0.15) is 0 Å². The van der Waals surface area contributed by atoms with E-state index in [2.05, 4.69) is 20.6 Å². The fraction of sp³-hybridized carbons (Fsp3) is 0.545. The normalized spacial score (nSPS) is 23.4. The molecule has 1 atom stereocenters. The number of hydrogen-bond acceptors (Lipinski definition) is 5. The number of anilines is 1. The van der Waals surface area contributed by atoms with Gasteiger partial charge in [-0.05, 0) is 13.3 Å². The number of nitrogens with zero attached hydrogens (tertiary/aromatic N) is 2. The van der Waals surface area contributed by atoms with Crippen LogP contribution in [0.3, 0.4) is 0 Å². The van der Waals surface area contributed by atoms with Crippen LogP contribution in [0.15, 0.2) is 12.4 Å². The van der Waals surface area contributed by atoms with Crippen LogP contribution in [0.1, 0.15) is 23.8 Å². The Labute approximate surface area is 99.8 Å². The summed E-state index contributed by atoms with van der Waals surface area (Å²) < 4.78 is 5.27. The third-order valence-electron chi connectivity index (χ3n) is 2.77. The average molecular weight is 236 g/mol. The van der Waals surface area contributed by atoms with Gasteiger partial charge in [-0.1, -0.05) is 0 Å².